The zero-order chi connectivity index (χ0) is 25.6. The summed E-state index contributed by atoms with van der Waals surface area (Å²) in [5, 5.41) is 23.4. The molecule has 0 saturated carbocycles. The minimum atomic E-state index is -0.589. The molecule has 13 heteroatoms. The Balaban J connectivity index is 1.56. The third-order valence-corrected chi connectivity index (χ3v) is 5.69. The summed E-state index contributed by atoms with van der Waals surface area (Å²) in [5.74, 6) is -0.337. The number of nitro benzene ring substituents is 1. The van der Waals surface area contributed by atoms with Crippen LogP contribution in [0.2, 0.25) is 5.02 Å². The van der Waals surface area contributed by atoms with E-state index in [-0.39, 0.29) is 34.1 Å². The number of fused-ring (bicyclic) bond motifs is 1. The van der Waals surface area contributed by atoms with Gasteiger partial charge in [0.1, 0.15) is 11.2 Å². The van der Waals surface area contributed by atoms with Gasteiger partial charge in [0.05, 0.1) is 22.5 Å². The third kappa shape index (κ3) is 4.09. The van der Waals surface area contributed by atoms with Gasteiger partial charge < -0.3 is 5.32 Å². The van der Waals surface area contributed by atoms with Gasteiger partial charge in [0, 0.05) is 28.3 Å². The van der Waals surface area contributed by atoms with Crippen molar-refractivity contribution >= 4 is 40.0 Å². The fourth-order valence-corrected chi connectivity index (χ4v) is 3.79. The molecule has 5 rings (SSSR count). The zero-order valence-electron chi connectivity index (χ0n) is 18.9. The molecule has 12 nitrogen and oxygen atoms in total. The van der Waals surface area contributed by atoms with Crippen LogP contribution in [0, 0.1) is 24.0 Å². The van der Waals surface area contributed by atoms with Crippen LogP contribution in [-0.2, 0) is 0 Å². The predicted octanol–water partition coefficient (Wildman–Crippen LogP) is 3.73. The second-order valence-electron chi connectivity index (χ2n) is 7.95. The lowest BCUT2D eigenvalue weighted by Gasteiger charge is -2.09. The predicted molar refractivity (Wildman–Crippen MR) is 132 cm³/mol. The van der Waals surface area contributed by atoms with Crippen LogP contribution in [-0.4, -0.2) is 40.4 Å². The maximum atomic E-state index is 12.9. The van der Waals surface area contributed by atoms with Crippen LogP contribution < -0.4 is 10.9 Å². The Labute approximate surface area is 207 Å². The van der Waals surface area contributed by atoms with E-state index in [1.54, 1.807) is 44.2 Å². The maximum Gasteiger partial charge on any atom is 0.273 e. The number of H-pyrrole nitrogens is 1. The highest BCUT2D eigenvalue weighted by Gasteiger charge is 2.19. The number of hydrogen-bond acceptors (Lipinski definition) is 7. The van der Waals surface area contributed by atoms with Gasteiger partial charge in [-0.1, -0.05) is 17.7 Å². The second kappa shape index (κ2) is 8.74. The summed E-state index contributed by atoms with van der Waals surface area (Å²) >= 11 is 5.98. The van der Waals surface area contributed by atoms with E-state index < -0.39 is 16.4 Å². The molecule has 36 heavy (non-hydrogen) atoms. The number of nitrogens with zero attached hydrogens (tertiary/aromatic N) is 6. The van der Waals surface area contributed by atoms with Crippen molar-refractivity contribution in [2.24, 2.45) is 0 Å². The van der Waals surface area contributed by atoms with Crippen LogP contribution >= 0.6 is 11.6 Å². The van der Waals surface area contributed by atoms with E-state index in [1.807, 2.05) is 0 Å². The molecule has 0 aliphatic heterocycles. The smallest absolute Gasteiger partial charge is 0.273 e. The molecule has 2 aromatic carbocycles. The van der Waals surface area contributed by atoms with Crippen molar-refractivity contribution < 1.29 is 9.72 Å². The highest BCUT2D eigenvalue weighted by Crippen LogP contribution is 2.22. The third-order valence-electron chi connectivity index (χ3n) is 5.44. The summed E-state index contributed by atoms with van der Waals surface area (Å²) in [6.07, 6.45) is 1.40. The Kier molecular flexibility index (Phi) is 5.57. The van der Waals surface area contributed by atoms with E-state index in [0.717, 1.165) is 0 Å². The Bertz CT molecular complexity index is 1720. The number of nitrogens with one attached hydrogen (secondary N) is 2. The zero-order valence-corrected chi connectivity index (χ0v) is 19.6. The Morgan fingerprint density at radius 3 is 2.58 bits per heavy atom. The van der Waals surface area contributed by atoms with Crippen molar-refractivity contribution in [3.63, 3.8) is 0 Å². The molecule has 1 amide bonds. The number of rotatable bonds is 5. The summed E-state index contributed by atoms with van der Waals surface area (Å²) in [5.41, 5.74) is 1.36. The molecule has 0 aliphatic rings. The van der Waals surface area contributed by atoms with Crippen LogP contribution in [0.25, 0.3) is 22.7 Å². The van der Waals surface area contributed by atoms with E-state index >= 15 is 0 Å². The first-order chi connectivity index (χ1) is 17.2. The van der Waals surface area contributed by atoms with Crippen molar-refractivity contribution in [2.75, 3.05) is 5.32 Å². The number of aromatic nitrogens is 6. The maximum absolute atomic E-state index is 12.9. The quantitative estimate of drug-likeness (QED) is 0.273. The van der Waals surface area contributed by atoms with Crippen LogP contribution in [0.5, 0.6) is 0 Å². The lowest BCUT2D eigenvalue weighted by molar-refractivity contribution is -0.385. The topological polar surface area (TPSA) is 154 Å². The molecular formula is C23H17ClN8O4. The molecular weight excluding hydrogens is 488 g/mol. The molecule has 0 unspecified atom stereocenters. The normalized spacial score (nSPS) is 11.1. The first-order valence-corrected chi connectivity index (χ1v) is 11.0. The number of hydrogen-bond donors (Lipinski definition) is 2. The molecule has 5 aromatic rings. The van der Waals surface area contributed by atoms with Gasteiger partial charge in [-0.15, -0.1) is 0 Å². The van der Waals surface area contributed by atoms with Gasteiger partial charge in [0.25, 0.3) is 17.2 Å². The van der Waals surface area contributed by atoms with Gasteiger partial charge in [-0.25, -0.2) is 4.68 Å². The number of halogens is 1. The highest BCUT2D eigenvalue weighted by molar-refractivity contribution is 6.30. The first kappa shape index (κ1) is 22.9. The fourth-order valence-electron chi connectivity index (χ4n) is 3.66. The summed E-state index contributed by atoms with van der Waals surface area (Å²) < 4.78 is 2.76. The first-order valence-electron chi connectivity index (χ1n) is 10.6. The Hall–Kier alpha value is -4.84. The number of amides is 1. The van der Waals surface area contributed by atoms with Gasteiger partial charge in [0.15, 0.2) is 5.65 Å². The van der Waals surface area contributed by atoms with E-state index in [2.05, 4.69) is 25.5 Å². The molecule has 0 radical (unpaired) electrons. The van der Waals surface area contributed by atoms with Gasteiger partial charge >= 0.3 is 0 Å². The average molecular weight is 505 g/mol. The molecule has 2 N–H and O–H groups in total. The summed E-state index contributed by atoms with van der Waals surface area (Å²) in [7, 11) is 0. The molecule has 0 aliphatic carbocycles. The molecule has 3 aromatic heterocycles. The van der Waals surface area contributed by atoms with E-state index in [9.17, 15) is 19.7 Å². The van der Waals surface area contributed by atoms with Crippen LogP contribution in [0.15, 0.2) is 59.5 Å². The summed E-state index contributed by atoms with van der Waals surface area (Å²) in [6, 6.07) is 12.6. The monoisotopic (exact) mass is 504 g/mol. The molecule has 0 fully saturated rings. The molecule has 0 saturated heterocycles. The summed E-state index contributed by atoms with van der Waals surface area (Å²) in [6.45, 7) is 3.29. The second-order valence-corrected chi connectivity index (χ2v) is 8.39. The van der Waals surface area contributed by atoms with Crippen LogP contribution in [0.3, 0.4) is 0 Å². The molecule has 3 heterocycles. The Morgan fingerprint density at radius 1 is 1.11 bits per heavy atom. The molecule has 180 valence electrons. The number of aryl methyl sites for hydroxylation is 2. The summed E-state index contributed by atoms with van der Waals surface area (Å²) in [4.78, 5) is 43.6. The SMILES string of the molecule is Cc1cc(NC(=O)c2ccc(C)c([N+](=O)[O-])c2)n(-c2nc3c(cnn3-c3ccc(Cl)cc3)c(=O)[nH]2)n1. The van der Waals surface area contributed by atoms with Crippen molar-refractivity contribution in [3.8, 4) is 11.6 Å². The average Bonchev–Trinajstić information content (AvgIpc) is 3.43. The number of anilines is 1. The standard InChI is InChI=1S/C23H17ClN8O4/c1-12-3-4-14(10-18(12)32(35)36)21(33)26-19-9-13(2)29-31(19)23-27-20-17(22(34)28-23)11-25-30(20)16-7-5-15(24)6-8-16/h3-11H,1-2H3,(H,26,33)(H,27,28,34). The fraction of sp³-hybridized carbons (Fsp3) is 0.0870. The minimum absolute atomic E-state index is 0.0431. The van der Waals surface area contributed by atoms with Crippen LogP contribution in [0.4, 0.5) is 11.5 Å². The van der Waals surface area contributed by atoms with E-state index in [1.165, 1.54) is 33.8 Å². The molecule has 0 spiro atoms. The molecule has 0 atom stereocenters. The van der Waals surface area contributed by atoms with E-state index in [4.69, 9.17) is 11.6 Å². The van der Waals surface area contributed by atoms with Crippen LogP contribution in [0.1, 0.15) is 21.6 Å². The van der Waals surface area contributed by atoms with Crippen molar-refractivity contribution in [3.05, 3.63) is 97.0 Å². The van der Waals surface area contributed by atoms with Crippen molar-refractivity contribution in [1.82, 2.24) is 29.5 Å². The van der Waals surface area contributed by atoms with Gasteiger partial charge in [-0.05, 0) is 44.2 Å². The van der Waals surface area contributed by atoms with E-state index in [0.29, 0.717) is 22.0 Å². The Morgan fingerprint density at radius 2 is 1.86 bits per heavy atom. The van der Waals surface area contributed by atoms with Crippen molar-refractivity contribution in [2.45, 2.75) is 13.8 Å². The molecule has 0 bridgehead atoms. The number of carbonyl (C=O) groups is 1. The number of carbonyl (C=O) groups excluding carboxylic acids is 1. The number of aromatic amines is 1. The number of nitro groups is 1. The lowest BCUT2D eigenvalue weighted by atomic mass is 10.1. The highest BCUT2D eigenvalue weighted by atomic mass is 35.5. The number of benzene rings is 2. The van der Waals surface area contributed by atoms with Crippen molar-refractivity contribution in [1.29, 1.82) is 0 Å². The largest absolute Gasteiger partial charge is 0.306 e. The lowest BCUT2D eigenvalue weighted by Crippen LogP contribution is -2.19. The van der Waals surface area contributed by atoms with Gasteiger partial charge in [0.2, 0.25) is 5.95 Å². The van der Waals surface area contributed by atoms with Gasteiger partial charge in [-0.2, -0.15) is 19.9 Å². The minimum Gasteiger partial charge on any atom is -0.306 e. The van der Waals surface area contributed by atoms with Gasteiger partial charge in [-0.3, -0.25) is 24.7 Å².